The van der Waals surface area contributed by atoms with Crippen LogP contribution in [-0.2, 0) is 4.74 Å². The van der Waals surface area contributed by atoms with Crippen molar-refractivity contribution in [1.82, 2.24) is 9.88 Å². The zero-order chi connectivity index (χ0) is 15.1. The Hall–Kier alpha value is -1.65. The molecule has 2 aromatic rings. The SMILES string of the molecule is Cc1cc(N2C[C@@H]3COC[C@H](C2)N(C)C3)c2ccccc2n1. The molecule has 0 unspecified atom stereocenters. The minimum atomic E-state index is 0.472. The molecular weight excluding hydrogens is 274 g/mol. The van der Waals surface area contributed by atoms with Crippen molar-refractivity contribution < 1.29 is 4.74 Å². The lowest BCUT2D eigenvalue weighted by molar-refractivity contribution is 0.0931. The second-order valence-electron chi connectivity index (χ2n) is 6.70. The molecule has 3 heterocycles. The Morgan fingerprint density at radius 3 is 2.91 bits per heavy atom. The van der Waals surface area contributed by atoms with Crippen LogP contribution < -0.4 is 4.90 Å². The van der Waals surface area contributed by atoms with Crippen LogP contribution in [0.25, 0.3) is 10.9 Å². The van der Waals surface area contributed by atoms with E-state index in [9.17, 15) is 0 Å². The van der Waals surface area contributed by atoms with Crippen molar-refractivity contribution in [1.29, 1.82) is 0 Å². The Morgan fingerprint density at radius 2 is 2.00 bits per heavy atom. The van der Waals surface area contributed by atoms with E-state index >= 15 is 0 Å². The van der Waals surface area contributed by atoms with Gasteiger partial charge in [0.1, 0.15) is 0 Å². The fourth-order valence-corrected chi connectivity index (χ4v) is 3.79. The van der Waals surface area contributed by atoms with Gasteiger partial charge in [-0.1, -0.05) is 18.2 Å². The number of anilines is 1. The Kier molecular flexibility index (Phi) is 3.51. The van der Waals surface area contributed by atoms with E-state index in [1.807, 2.05) is 0 Å². The molecule has 1 aromatic carbocycles. The van der Waals surface area contributed by atoms with Gasteiger partial charge < -0.3 is 9.64 Å². The van der Waals surface area contributed by atoms with E-state index in [4.69, 9.17) is 4.74 Å². The van der Waals surface area contributed by atoms with Gasteiger partial charge in [0.15, 0.2) is 0 Å². The smallest absolute Gasteiger partial charge is 0.0726 e. The van der Waals surface area contributed by atoms with E-state index in [-0.39, 0.29) is 0 Å². The molecule has 116 valence electrons. The summed E-state index contributed by atoms with van der Waals surface area (Å²) in [6.07, 6.45) is 0. The number of para-hydroxylation sites is 1. The predicted octanol–water partition coefficient (Wildman–Crippen LogP) is 2.31. The van der Waals surface area contributed by atoms with Gasteiger partial charge in [0.2, 0.25) is 0 Å². The van der Waals surface area contributed by atoms with Gasteiger partial charge in [0.05, 0.1) is 24.8 Å². The van der Waals surface area contributed by atoms with E-state index in [1.54, 1.807) is 0 Å². The molecule has 2 atom stereocenters. The van der Waals surface area contributed by atoms with E-state index < -0.39 is 0 Å². The van der Waals surface area contributed by atoms with Crippen LogP contribution in [0.15, 0.2) is 30.3 Å². The molecule has 0 radical (unpaired) electrons. The van der Waals surface area contributed by atoms with Gasteiger partial charge in [-0.3, -0.25) is 9.88 Å². The molecule has 0 amide bonds. The predicted molar refractivity (Wildman–Crippen MR) is 89.4 cm³/mol. The Bertz CT molecular complexity index is 687. The summed E-state index contributed by atoms with van der Waals surface area (Å²) in [5.74, 6) is 0.574. The standard InChI is InChI=1S/C18H23N3O/c1-13-7-18(16-5-3-4-6-17(16)19-13)21-9-14-8-20(2)15(10-21)12-22-11-14/h3-7,14-15H,8-12H2,1-2H3/t14-,15+/m1/s1. The summed E-state index contributed by atoms with van der Waals surface area (Å²) in [6, 6.07) is 11.2. The van der Waals surface area contributed by atoms with Crippen LogP contribution in [0.4, 0.5) is 5.69 Å². The molecular formula is C18H23N3O. The molecule has 4 nitrogen and oxygen atoms in total. The number of aryl methyl sites for hydroxylation is 1. The molecule has 0 N–H and O–H groups in total. The fraction of sp³-hybridized carbons (Fsp3) is 0.500. The first-order valence-electron chi connectivity index (χ1n) is 8.10. The minimum Gasteiger partial charge on any atom is -0.379 e. The van der Waals surface area contributed by atoms with Crippen molar-refractivity contribution in [2.75, 3.05) is 44.8 Å². The van der Waals surface area contributed by atoms with Crippen molar-refractivity contribution in [3.05, 3.63) is 36.0 Å². The van der Waals surface area contributed by atoms with E-state index in [0.717, 1.165) is 44.1 Å². The Balaban J connectivity index is 1.78. The van der Waals surface area contributed by atoms with E-state index in [2.05, 4.69) is 59.1 Å². The maximum absolute atomic E-state index is 5.85. The molecule has 2 fully saturated rings. The number of fused-ring (bicyclic) bond motifs is 4. The molecule has 22 heavy (non-hydrogen) atoms. The van der Waals surface area contributed by atoms with Crippen LogP contribution >= 0.6 is 0 Å². The van der Waals surface area contributed by atoms with Crippen molar-refractivity contribution in [2.45, 2.75) is 13.0 Å². The molecule has 1 aromatic heterocycles. The second kappa shape index (κ2) is 5.52. The zero-order valence-corrected chi connectivity index (χ0v) is 13.3. The number of rotatable bonds is 1. The first-order chi connectivity index (χ1) is 10.7. The lowest BCUT2D eigenvalue weighted by Gasteiger charge is -2.32. The lowest BCUT2D eigenvalue weighted by Crippen LogP contribution is -2.42. The molecule has 2 aliphatic heterocycles. The van der Waals surface area contributed by atoms with Crippen LogP contribution in [0.1, 0.15) is 5.69 Å². The number of aromatic nitrogens is 1. The Morgan fingerprint density at radius 1 is 1.14 bits per heavy atom. The summed E-state index contributed by atoms with van der Waals surface area (Å²) >= 11 is 0. The van der Waals surface area contributed by atoms with Gasteiger partial charge in [0.25, 0.3) is 0 Å². The normalized spacial score (nSPS) is 26.2. The number of hydrogen-bond donors (Lipinski definition) is 0. The third-order valence-corrected chi connectivity index (χ3v) is 4.91. The molecule has 0 spiro atoms. The number of nitrogens with zero attached hydrogens (tertiary/aromatic N) is 3. The molecule has 4 rings (SSSR count). The van der Waals surface area contributed by atoms with Crippen LogP contribution in [0.3, 0.4) is 0 Å². The van der Waals surface area contributed by atoms with Crippen molar-refractivity contribution in [3.63, 3.8) is 0 Å². The monoisotopic (exact) mass is 297 g/mol. The van der Waals surface area contributed by atoms with Gasteiger partial charge in [0, 0.05) is 42.3 Å². The highest BCUT2D eigenvalue weighted by Crippen LogP contribution is 2.30. The third kappa shape index (κ3) is 2.46. The molecule has 2 saturated heterocycles. The van der Waals surface area contributed by atoms with Gasteiger partial charge in [-0.25, -0.2) is 0 Å². The lowest BCUT2D eigenvalue weighted by atomic mass is 10.1. The average molecular weight is 297 g/mol. The number of ether oxygens (including phenoxy) is 1. The first kappa shape index (κ1) is 14.0. The summed E-state index contributed by atoms with van der Waals surface area (Å²) in [5.41, 5.74) is 3.51. The highest BCUT2D eigenvalue weighted by Gasteiger charge is 2.32. The molecule has 4 heteroatoms. The third-order valence-electron chi connectivity index (χ3n) is 4.91. The molecule has 2 bridgehead atoms. The van der Waals surface area contributed by atoms with Crippen LogP contribution in [-0.4, -0.2) is 55.8 Å². The largest absolute Gasteiger partial charge is 0.379 e. The maximum Gasteiger partial charge on any atom is 0.0726 e. The average Bonchev–Trinajstić information content (AvgIpc) is 2.74. The van der Waals surface area contributed by atoms with Gasteiger partial charge >= 0.3 is 0 Å². The van der Waals surface area contributed by atoms with E-state index in [0.29, 0.717) is 12.0 Å². The van der Waals surface area contributed by atoms with E-state index in [1.165, 1.54) is 11.1 Å². The van der Waals surface area contributed by atoms with Gasteiger partial charge in [-0.15, -0.1) is 0 Å². The Labute approximate surface area is 131 Å². The number of likely N-dealkylation sites (N-methyl/N-ethyl adjacent to an activating group) is 1. The van der Waals surface area contributed by atoms with Gasteiger partial charge in [-0.2, -0.15) is 0 Å². The minimum absolute atomic E-state index is 0.472. The van der Waals surface area contributed by atoms with Crippen molar-refractivity contribution in [3.8, 4) is 0 Å². The summed E-state index contributed by atoms with van der Waals surface area (Å²) in [4.78, 5) is 9.70. The summed E-state index contributed by atoms with van der Waals surface area (Å²) in [7, 11) is 2.23. The van der Waals surface area contributed by atoms with Crippen LogP contribution in [0.2, 0.25) is 0 Å². The highest BCUT2D eigenvalue weighted by atomic mass is 16.5. The fourth-order valence-electron chi connectivity index (χ4n) is 3.79. The van der Waals surface area contributed by atoms with Crippen LogP contribution in [0, 0.1) is 12.8 Å². The van der Waals surface area contributed by atoms with Crippen LogP contribution in [0.5, 0.6) is 0 Å². The number of hydrogen-bond acceptors (Lipinski definition) is 4. The topological polar surface area (TPSA) is 28.6 Å². The molecule has 0 saturated carbocycles. The van der Waals surface area contributed by atoms with Crippen molar-refractivity contribution >= 4 is 16.6 Å². The van der Waals surface area contributed by atoms with Crippen molar-refractivity contribution in [2.24, 2.45) is 5.92 Å². The van der Waals surface area contributed by atoms with Gasteiger partial charge in [-0.05, 0) is 26.1 Å². The molecule has 0 aliphatic carbocycles. The summed E-state index contributed by atoms with van der Waals surface area (Å²) in [6.45, 7) is 7.02. The summed E-state index contributed by atoms with van der Waals surface area (Å²) in [5, 5.41) is 1.26. The zero-order valence-electron chi connectivity index (χ0n) is 13.3. The maximum atomic E-state index is 5.85. The number of benzene rings is 1. The quantitative estimate of drug-likeness (QED) is 0.807. The first-order valence-corrected chi connectivity index (χ1v) is 8.10. The molecule has 2 aliphatic rings. The second-order valence-corrected chi connectivity index (χ2v) is 6.70. The highest BCUT2D eigenvalue weighted by molar-refractivity contribution is 5.92. The summed E-state index contributed by atoms with van der Waals surface area (Å²) < 4.78 is 5.85. The number of pyridine rings is 1.